The van der Waals surface area contributed by atoms with Crippen LogP contribution in [-0.4, -0.2) is 11.6 Å². The molecule has 3 nitrogen and oxygen atoms in total. The molecule has 1 N–H and O–H groups in total. The molecule has 0 aliphatic rings. The first-order chi connectivity index (χ1) is 17.5. The molecular weight excluding hydrogens is 459 g/mol. The number of nitriles is 1. The van der Waals surface area contributed by atoms with Gasteiger partial charge in [-0.3, -0.25) is 0 Å². The third kappa shape index (κ3) is 4.83. The number of benzene rings is 4. The van der Waals surface area contributed by atoms with E-state index in [-0.39, 0.29) is 11.6 Å². The van der Waals surface area contributed by atoms with Crippen molar-refractivity contribution in [1.82, 2.24) is 0 Å². The number of nitrogens with one attached hydrogen (secondary N) is 1. The van der Waals surface area contributed by atoms with Crippen LogP contribution in [0.1, 0.15) is 36.5 Å². The van der Waals surface area contributed by atoms with Crippen LogP contribution in [0.3, 0.4) is 0 Å². The Labute approximate surface area is 215 Å². The zero-order chi connectivity index (χ0) is 25.5. The van der Waals surface area contributed by atoms with Crippen LogP contribution < -0.4 is 21.2 Å². The summed E-state index contributed by atoms with van der Waals surface area (Å²) in [5.74, 6) is 0.0379. The van der Waals surface area contributed by atoms with Crippen molar-refractivity contribution < 1.29 is 4.79 Å². The van der Waals surface area contributed by atoms with Crippen molar-refractivity contribution in [3.8, 4) is 6.07 Å². The van der Waals surface area contributed by atoms with E-state index in [2.05, 4.69) is 91.1 Å². The Morgan fingerprint density at radius 3 is 1.58 bits per heavy atom. The molecule has 0 aliphatic heterocycles. The number of nitrogens with zero attached hydrogens (tertiary/aromatic N) is 1. The molecule has 0 aliphatic carbocycles. The number of anilines is 1. The molecule has 0 radical (unpaired) electrons. The van der Waals surface area contributed by atoms with Crippen LogP contribution in [0.5, 0.6) is 0 Å². The van der Waals surface area contributed by atoms with E-state index >= 15 is 0 Å². The number of aryl methyl sites for hydroxylation is 2. The van der Waals surface area contributed by atoms with E-state index in [0.29, 0.717) is 5.56 Å². The average Bonchev–Trinajstić information content (AvgIpc) is 2.92. The summed E-state index contributed by atoms with van der Waals surface area (Å²) in [4.78, 5) is 14.4. The molecule has 0 spiro atoms. The maximum atomic E-state index is 14.4. The number of amides is 1. The summed E-state index contributed by atoms with van der Waals surface area (Å²) in [6, 6.07) is 37.7. The van der Waals surface area contributed by atoms with Gasteiger partial charge in [-0.1, -0.05) is 0 Å². The molecule has 0 saturated heterocycles. The Morgan fingerprint density at radius 1 is 0.806 bits per heavy atom. The summed E-state index contributed by atoms with van der Waals surface area (Å²) in [7, 11) is -2.81. The van der Waals surface area contributed by atoms with Gasteiger partial charge in [0.15, 0.2) is 0 Å². The van der Waals surface area contributed by atoms with Gasteiger partial charge in [0.25, 0.3) is 0 Å². The number of hydrogen-bond acceptors (Lipinski definition) is 2. The first kappa shape index (κ1) is 25.4. The van der Waals surface area contributed by atoms with Gasteiger partial charge in [0, 0.05) is 0 Å². The van der Waals surface area contributed by atoms with Gasteiger partial charge in [-0.15, -0.1) is 0 Å². The Bertz CT molecular complexity index is 1240. The van der Waals surface area contributed by atoms with E-state index in [4.69, 9.17) is 0 Å². The summed E-state index contributed by atoms with van der Waals surface area (Å²) >= 11 is 0. The summed E-state index contributed by atoms with van der Waals surface area (Å²) in [5, 5.41) is 16.4. The van der Waals surface area contributed by atoms with Gasteiger partial charge in [-0.2, -0.15) is 0 Å². The summed E-state index contributed by atoms with van der Waals surface area (Å²) in [6.45, 7) is 6.06. The quantitative estimate of drug-likeness (QED) is 0.306. The maximum absolute atomic E-state index is 14.4. The number of hydrogen-bond donors (Lipinski definition) is 1. The molecule has 1 atom stereocenters. The van der Waals surface area contributed by atoms with Gasteiger partial charge in [-0.25, -0.2) is 0 Å². The fourth-order valence-electron chi connectivity index (χ4n) is 5.48. The van der Waals surface area contributed by atoms with Crippen LogP contribution in [0.2, 0.25) is 0 Å². The Hall–Kier alpha value is -3.73. The summed E-state index contributed by atoms with van der Waals surface area (Å²) < 4.78 is 0. The molecular formula is C32H33N2OP. The van der Waals surface area contributed by atoms with Crippen molar-refractivity contribution in [3.05, 3.63) is 120 Å². The molecule has 0 heterocycles. The van der Waals surface area contributed by atoms with Crippen LogP contribution >= 0.6 is 7.26 Å². The van der Waals surface area contributed by atoms with E-state index in [9.17, 15) is 10.1 Å². The van der Waals surface area contributed by atoms with Crippen molar-refractivity contribution in [2.24, 2.45) is 0 Å². The van der Waals surface area contributed by atoms with E-state index in [0.717, 1.165) is 29.7 Å². The summed E-state index contributed by atoms with van der Waals surface area (Å²) in [6.07, 6.45) is 1.66. The first-order valence-electron chi connectivity index (χ1n) is 12.5. The second-order valence-electron chi connectivity index (χ2n) is 9.33. The fraction of sp³-hybridized carbons (Fsp3) is 0.188. The molecule has 182 valence electrons. The first-order valence-corrected chi connectivity index (χ1v) is 14.6. The predicted molar refractivity (Wildman–Crippen MR) is 154 cm³/mol. The van der Waals surface area contributed by atoms with Crippen molar-refractivity contribution in [3.63, 3.8) is 0 Å². The normalized spacial score (nSPS) is 12.4. The third-order valence-electron chi connectivity index (χ3n) is 7.01. The van der Waals surface area contributed by atoms with E-state index in [1.165, 1.54) is 15.9 Å². The number of carbonyl (C=O) groups is 1. The predicted octanol–water partition coefficient (Wildman–Crippen LogP) is 6.01. The second kappa shape index (κ2) is 11.3. The molecule has 0 aromatic heterocycles. The van der Waals surface area contributed by atoms with Crippen LogP contribution in [0.15, 0.2) is 103 Å². The number of rotatable bonds is 8. The molecule has 4 rings (SSSR count). The Kier molecular flexibility index (Phi) is 7.99. The number of carbonyl (C=O) groups excluding carboxylic acids is 1. The van der Waals surface area contributed by atoms with Gasteiger partial charge >= 0.3 is 215 Å². The zero-order valence-electron chi connectivity index (χ0n) is 21.2. The summed E-state index contributed by atoms with van der Waals surface area (Å²) in [5.41, 5.74) is 2.99. The fourth-order valence-corrected chi connectivity index (χ4v) is 11.0. The standard InChI is InChI=1S/C32H33N2OP/c1-4-14-30(32(35)34-31-24(2)21-26(23-33)22-25(31)3)36(27-15-8-5-9-16-27,28-17-10-6-11-18-28)29-19-12-7-13-20-29/h5-13,15-22,30,36H,4,14H2,1-3H3,(H,34,35). The van der Waals surface area contributed by atoms with Crippen molar-refractivity contribution in [1.29, 1.82) is 5.26 Å². The molecule has 4 heteroatoms. The van der Waals surface area contributed by atoms with Crippen LogP contribution in [-0.2, 0) is 4.79 Å². The average molecular weight is 493 g/mol. The van der Waals surface area contributed by atoms with E-state index in [1.807, 2.05) is 44.2 Å². The molecule has 4 aromatic rings. The molecule has 1 amide bonds. The molecule has 36 heavy (non-hydrogen) atoms. The molecule has 0 fully saturated rings. The SMILES string of the molecule is CCCC(C(=O)Nc1c(C)cc(C#N)cc1C)[PH](c1ccccc1)(c1ccccc1)c1ccccc1. The molecule has 0 bridgehead atoms. The van der Waals surface area contributed by atoms with Gasteiger partial charge in [-0.05, 0) is 0 Å². The molecule has 0 saturated carbocycles. The topological polar surface area (TPSA) is 52.9 Å². The zero-order valence-corrected chi connectivity index (χ0v) is 22.2. The van der Waals surface area contributed by atoms with Gasteiger partial charge in [0.1, 0.15) is 0 Å². The third-order valence-corrected chi connectivity index (χ3v) is 12.3. The van der Waals surface area contributed by atoms with Crippen molar-refractivity contribution in [2.45, 2.75) is 39.3 Å². The van der Waals surface area contributed by atoms with Crippen molar-refractivity contribution >= 4 is 34.8 Å². The Balaban J connectivity index is 1.95. The van der Waals surface area contributed by atoms with Gasteiger partial charge in [0.2, 0.25) is 0 Å². The van der Waals surface area contributed by atoms with Gasteiger partial charge < -0.3 is 0 Å². The van der Waals surface area contributed by atoms with Crippen molar-refractivity contribution in [2.75, 3.05) is 5.32 Å². The van der Waals surface area contributed by atoms with E-state index < -0.39 is 7.26 Å². The van der Waals surface area contributed by atoms with Gasteiger partial charge in [0.05, 0.1) is 0 Å². The monoisotopic (exact) mass is 492 g/mol. The molecule has 1 unspecified atom stereocenters. The minimum atomic E-state index is -2.81. The van der Waals surface area contributed by atoms with Crippen LogP contribution in [0, 0.1) is 25.2 Å². The molecule has 4 aromatic carbocycles. The minimum absolute atomic E-state index is 0.0379. The second-order valence-corrected chi connectivity index (χ2v) is 13.4. The van der Waals surface area contributed by atoms with E-state index in [1.54, 1.807) is 0 Å². The Morgan fingerprint density at radius 2 is 1.22 bits per heavy atom. The van der Waals surface area contributed by atoms with Crippen LogP contribution in [0.25, 0.3) is 0 Å². The van der Waals surface area contributed by atoms with Crippen LogP contribution in [0.4, 0.5) is 5.69 Å².